The molecule has 120 valence electrons. The molecule has 0 saturated carbocycles. The van der Waals surface area contributed by atoms with E-state index in [1.165, 1.54) is 0 Å². The molecule has 0 aliphatic carbocycles. The van der Waals surface area contributed by atoms with Gasteiger partial charge in [-0.3, -0.25) is 9.59 Å². The first-order chi connectivity index (χ1) is 11.0. The summed E-state index contributed by atoms with van der Waals surface area (Å²) in [5.41, 5.74) is 2.13. The Balaban J connectivity index is 1.86. The third kappa shape index (κ3) is 4.98. The van der Waals surface area contributed by atoms with Gasteiger partial charge in [-0.25, -0.2) is 0 Å². The number of carbonyl (C=O) groups excluding carboxylic acids is 2. The first-order valence-corrected chi connectivity index (χ1v) is 7.78. The van der Waals surface area contributed by atoms with Crippen molar-refractivity contribution in [2.24, 2.45) is 0 Å². The average Bonchev–Trinajstić information content (AvgIpc) is 2.52. The fourth-order valence-corrected chi connectivity index (χ4v) is 2.37. The summed E-state index contributed by atoms with van der Waals surface area (Å²) in [5, 5.41) is 6.39. The molecule has 0 unspecified atom stereocenters. The van der Waals surface area contributed by atoms with Gasteiger partial charge in [0.1, 0.15) is 0 Å². The molecule has 2 N–H and O–H groups in total. The number of rotatable bonds is 5. The molecule has 0 spiro atoms. The molecule has 0 radical (unpaired) electrons. The summed E-state index contributed by atoms with van der Waals surface area (Å²) in [5.74, 6) is -0.584. The SMILES string of the molecule is Cc1c(Cl)cccc1NC(=O)CNC(=O)Cc1ccccc1Cl. The van der Waals surface area contributed by atoms with E-state index in [1.54, 1.807) is 36.4 Å². The van der Waals surface area contributed by atoms with Crippen LogP contribution in [-0.4, -0.2) is 18.4 Å². The molecule has 0 aliphatic heterocycles. The summed E-state index contributed by atoms with van der Waals surface area (Å²) in [6, 6.07) is 12.4. The van der Waals surface area contributed by atoms with Gasteiger partial charge < -0.3 is 10.6 Å². The van der Waals surface area contributed by atoms with Crippen LogP contribution >= 0.6 is 23.2 Å². The van der Waals surface area contributed by atoms with Gasteiger partial charge in [-0.1, -0.05) is 47.5 Å². The number of halogens is 2. The maximum absolute atomic E-state index is 11.9. The first-order valence-electron chi connectivity index (χ1n) is 7.02. The highest BCUT2D eigenvalue weighted by Crippen LogP contribution is 2.22. The summed E-state index contributed by atoms with van der Waals surface area (Å²) in [6.45, 7) is 1.70. The van der Waals surface area contributed by atoms with Crippen LogP contribution in [-0.2, 0) is 16.0 Å². The van der Waals surface area contributed by atoms with Crippen molar-refractivity contribution in [3.63, 3.8) is 0 Å². The van der Waals surface area contributed by atoms with Crippen LogP contribution in [0.4, 0.5) is 5.69 Å². The summed E-state index contributed by atoms with van der Waals surface area (Å²) >= 11 is 12.0. The molecule has 0 aliphatic rings. The van der Waals surface area contributed by atoms with E-state index in [9.17, 15) is 9.59 Å². The van der Waals surface area contributed by atoms with Crippen LogP contribution in [0.3, 0.4) is 0 Å². The van der Waals surface area contributed by atoms with Gasteiger partial charge in [-0.2, -0.15) is 0 Å². The quantitative estimate of drug-likeness (QED) is 0.865. The van der Waals surface area contributed by atoms with Gasteiger partial charge in [0.05, 0.1) is 13.0 Å². The van der Waals surface area contributed by atoms with Crippen LogP contribution in [0, 0.1) is 6.92 Å². The topological polar surface area (TPSA) is 58.2 Å². The van der Waals surface area contributed by atoms with E-state index in [4.69, 9.17) is 23.2 Å². The van der Waals surface area contributed by atoms with Gasteiger partial charge in [-0.05, 0) is 36.2 Å². The number of nitrogens with one attached hydrogen (secondary N) is 2. The molecule has 0 bridgehead atoms. The number of amides is 2. The van der Waals surface area contributed by atoms with Crippen LogP contribution in [0.1, 0.15) is 11.1 Å². The van der Waals surface area contributed by atoms with Gasteiger partial charge in [0.2, 0.25) is 11.8 Å². The Bertz CT molecular complexity index is 732. The number of hydrogen-bond acceptors (Lipinski definition) is 2. The molecule has 4 nitrogen and oxygen atoms in total. The van der Waals surface area contributed by atoms with E-state index >= 15 is 0 Å². The third-order valence-electron chi connectivity index (χ3n) is 3.30. The number of carbonyl (C=O) groups is 2. The molecule has 2 amide bonds. The zero-order valence-corrected chi connectivity index (χ0v) is 14.0. The number of hydrogen-bond donors (Lipinski definition) is 2. The first kappa shape index (κ1) is 17.3. The van der Waals surface area contributed by atoms with E-state index in [2.05, 4.69) is 10.6 Å². The van der Waals surface area contributed by atoms with Crippen LogP contribution in [0.5, 0.6) is 0 Å². The molecule has 23 heavy (non-hydrogen) atoms. The molecule has 0 saturated heterocycles. The summed E-state index contributed by atoms with van der Waals surface area (Å²) < 4.78 is 0. The predicted molar refractivity (Wildman–Crippen MR) is 93.0 cm³/mol. The Morgan fingerprint density at radius 2 is 1.65 bits per heavy atom. The lowest BCUT2D eigenvalue weighted by Gasteiger charge is -2.10. The largest absolute Gasteiger partial charge is 0.347 e. The van der Waals surface area contributed by atoms with E-state index in [0.29, 0.717) is 15.7 Å². The minimum Gasteiger partial charge on any atom is -0.347 e. The number of benzene rings is 2. The zero-order chi connectivity index (χ0) is 16.8. The Labute approximate surface area is 144 Å². The lowest BCUT2D eigenvalue weighted by atomic mass is 10.1. The molecule has 0 fully saturated rings. The normalized spacial score (nSPS) is 10.2. The van der Waals surface area contributed by atoms with Crippen molar-refractivity contribution >= 4 is 40.7 Å². The van der Waals surface area contributed by atoms with Gasteiger partial charge in [0.25, 0.3) is 0 Å². The second kappa shape index (κ2) is 7.99. The van der Waals surface area contributed by atoms with Crippen molar-refractivity contribution in [1.82, 2.24) is 5.32 Å². The molecule has 2 rings (SSSR count). The van der Waals surface area contributed by atoms with Crippen LogP contribution < -0.4 is 10.6 Å². The molecule has 0 atom stereocenters. The maximum atomic E-state index is 11.9. The smallest absolute Gasteiger partial charge is 0.243 e. The molecular formula is C17H16Cl2N2O2. The highest BCUT2D eigenvalue weighted by atomic mass is 35.5. The predicted octanol–water partition coefficient (Wildman–Crippen LogP) is 3.60. The zero-order valence-electron chi connectivity index (χ0n) is 12.5. The Morgan fingerprint density at radius 3 is 2.39 bits per heavy atom. The van der Waals surface area contributed by atoms with Crippen molar-refractivity contribution < 1.29 is 9.59 Å². The fraction of sp³-hybridized carbons (Fsp3) is 0.176. The molecule has 2 aromatic carbocycles. The second-order valence-corrected chi connectivity index (χ2v) is 5.82. The van der Waals surface area contributed by atoms with E-state index in [-0.39, 0.29) is 24.8 Å². The van der Waals surface area contributed by atoms with E-state index in [0.717, 1.165) is 11.1 Å². The van der Waals surface area contributed by atoms with Crippen molar-refractivity contribution in [3.8, 4) is 0 Å². The minimum atomic E-state index is -0.317. The van der Waals surface area contributed by atoms with E-state index in [1.807, 2.05) is 13.0 Å². The maximum Gasteiger partial charge on any atom is 0.243 e. The summed E-state index contributed by atoms with van der Waals surface area (Å²) in [6.07, 6.45) is 0.128. The highest BCUT2D eigenvalue weighted by molar-refractivity contribution is 6.32. The monoisotopic (exact) mass is 350 g/mol. The van der Waals surface area contributed by atoms with Crippen molar-refractivity contribution in [1.29, 1.82) is 0 Å². The molecule has 2 aromatic rings. The molecular weight excluding hydrogens is 335 g/mol. The lowest BCUT2D eigenvalue weighted by molar-refractivity contribution is -0.123. The standard InChI is InChI=1S/C17H16Cl2N2O2/c1-11-13(18)7-4-8-15(11)21-17(23)10-20-16(22)9-12-5-2-3-6-14(12)19/h2-8H,9-10H2,1H3,(H,20,22)(H,21,23). The van der Waals surface area contributed by atoms with Crippen LogP contribution in [0.15, 0.2) is 42.5 Å². The van der Waals surface area contributed by atoms with Crippen molar-refractivity contribution in [2.75, 3.05) is 11.9 Å². The second-order valence-electron chi connectivity index (χ2n) is 5.01. The highest BCUT2D eigenvalue weighted by Gasteiger charge is 2.10. The van der Waals surface area contributed by atoms with Gasteiger partial charge >= 0.3 is 0 Å². The molecule has 0 aromatic heterocycles. The van der Waals surface area contributed by atoms with Gasteiger partial charge in [0, 0.05) is 15.7 Å². The average molecular weight is 351 g/mol. The Kier molecular flexibility index (Phi) is 6.02. The van der Waals surface area contributed by atoms with E-state index < -0.39 is 0 Å². The third-order valence-corrected chi connectivity index (χ3v) is 4.07. The fourth-order valence-electron chi connectivity index (χ4n) is 1.99. The van der Waals surface area contributed by atoms with Crippen LogP contribution in [0.2, 0.25) is 10.0 Å². The summed E-state index contributed by atoms with van der Waals surface area (Å²) in [4.78, 5) is 23.8. The Hall–Kier alpha value is -2.04. The van der Waals surface area contributed by atoms with Gasteiger partial charge in [0.15, 0.2) is 0 Å². The number of anilines is 1. The van der Waals surface area contributed by atoms with Crippen molar-refractivity contribution in [3.05, 3.63) is 63.6 Å². The Morgan fingerprint density at radius 1 is 0.957 bits per heavy atom. The minimum absolute atomic E-state index is 0.116. The van der Waals surface area contributed by atoms with Crippen molar-refractivity contribution in [2.45, 2.75) is 13.3 Å². The summed E-state index contributed by atoms with van der Waals surface area (Å²) in [7, 11) is 0. The lowest BCUT2D eigenvalue weighted by Crippen LogP contribution is -2.34. The molecule has 0 heterocycles. The molecule has 6 heteroatoms. The van der Waals surface area contributed by atoms with Gasteiger partial charge in [-0.15, -0.1) is 0 Å². The van der Waals surface area contributed by atoms with Crippen LogP contribution in [0.25, 0.3) is 0 Å².